The lowest BCUT2D eigenvalue weighted by atomic mass is 10.2. The topological polar surface area (TPSA) is 86.0 Å². The molecule has 0 aliphatic rings. The lowest BCUT2D eigenvalue weighted by Crippen LogP contribution is -2.33. The van der Waals surface area contributed by atoms with Crippen LogP contribution in [0, 0.1) is 11.3 Å². The fourth-order valence-electron chi connectivity index (χ4n) is 1.02. The highest BCUT2D eigenvalue weighted by Gasteiger charge is 2.15. The van der Waals surface area contributed by atoms with Gasteiger partial charge in [-0.05, 0) is 18.6 Å². The van der Waals surface area contributed by atoms with E-state index in [1.54, 1.807) is 6.92 Å². The van der Waals surface area contributed by atoms with Crippen LogP contribution < -0.4 is 5.32 Å². The van der Waals surface area contributed by atoms with Crippen LogP contribution in [-0.2, 0) is 0 Å². The second-order valence-electron chi connectivity index (χ2n) is 2.93. The van der Waals surface area contributed by atoms with E-state index in [1.807, 2.05) is 6.07 Å². The van der Waals surface area contributed by atoms with Gasteiger partial charge in [-0.1, -0.05) is 6.92 Å². The van der Waals surface area contributed by atoms with Crippen LogP contribution in [0.1, 0.15) is 23.8 Å². The number of nitrogens with one attached hydrogen (secondary N) is 1. The van der Waals surface area contributed by atoms with Gasteiger partial charge in [0.2, 0.25) is 0 Å². The van der Waals surface area contributed by atoms with E-state index < -0.39 is 11.9 Å². The average Bonchev–Trinajstić information content (AvgIpc) is 2.26. The fraction of sp³-hybridized carbons (Fsp3) is 0.300. The molecule has 2 N–H and O–H groups in total. The smallest absolute Gasteiger partial charge is 0.274 e. The molecule has 0 spiro atoms. The fourth-order valence-corrected chi connectivity index (χ4v) is 1.02. The molecule has 1 rings (SSSR count). The summed E-state index contributed by atoms with van der Waals surface area (Å²) in [5.74, 6) is -0.732. The Morgan fingerprint density at radius 1 is 1.80 bits per heavy atom. The van der Waals surface area contributed by atoms with Gasteiger partial charge in [0.25, 0.3) is 5.91 Å². The third-order valence-corrected chi connectivity index (χ3v) is 1.87. The van der Waals surface area contributed by atoms with Gasteiger partial charge in [-0.25, -0.2) is 4.98 Å². The molecule has 0 radical (unpaired) electrons. The van der Waals surface area contributed by atoms with Gasteiger partial charge >= 0.3 is 0 Å². The predicted octanol–water partition coefficient (Wildman–Crippen LogP) is 0.819. The summed E-state index contributed by atoms with van der Waals surface area (Å²) in [6.07, 6.45) is 1.91. The average molecular weight is 205 g/mol. The Morgan fingerprint density at radius 2 is 2.53 bits per heavy atom. The van der Waals surface area contributed by atoms with Gasteiger partial charge in [0.05, 0.1) is 6.07 Å². The number of amides is 1. The molecule has 5 nitrogen and oxygen atoms in total. The Hall–Kier alpha value is -2.09. The second-order valence-corrected chi connectivity index (χ2v) is 2.93. The molecule has 1 aromatic rings. The summed E-state index contributed by atoms with van der Waals surface area (Å²) in [7, 11) is 0. The van der Waals surface area contributed by atoms with Crippen molar-refractivity contribution in [2.45, 2.75) is 19.4 Å². The van der Waals surface area contributed by atoms with E-state index in [1.165, 1.54) is 18.3 Å². The lowest BCUT2D eigenvalue weighted by Gasteiger charge is -2.08. The van der Waals surface area contributed by atoms with Crippen LogP contribution >= 0.6 is 0 Å². The van der Waals surface area contributed by atoms with E-state index in [9.17, 15) is 9.90 Å². The predicted molar refractivity (Wildman–Crippen MR) is 53.1 cm³/mol. The number of nitriles is 1. The van der Waals surface area contributed by atoms with Crippen LogP contribution in [0.5, 0.6) is 5.75 Å². The molecular formula is C10H11N3O2. The van der Waals surface area contributed by atoms with Gasteiger partial charge in [0, 0.05) is 6.20 Å². The number of hydrogen-bond acceptors (Lipinski definition) is 4. The van der Waals surface area contributed by atoms with E-state index in [4.69, 9.17) is 5.26 Å². The van der Waals surface area contributed by atoms with Crippen molar-refractivity contribution in [2.75, 3.05) is 0 Å². The van der Waals surface area contributed by atoms with Crippen LogP contribution in [0.2, 0.25) is 0 Å². The van der Waals surface area contributed by atoms with Gasteiger partial charge in [0.15, 0.2) is 5.69 Å². The van der Waals surface area contributed by atoms with Crippen molar-refractivity contribution in [3.8, 4) is 11.8 Å². The second kappa shape index (κ2) is 4.96. The van der Waals surface area contributed by atoms with Crippen LogP contribution in [0.4, 0.5) is 0 Å². The summed E-state index contributed by atoms with van der Waals surface area (Å²) in [6, 6.07) is 4.27. The molecule has 15 heavy (non-hydrogen) atoms. The number of carbonyl (C=O) groups is 1. The molecular weight excluding hydrogens is 194 g/mol. The molecule has 1 atom stereocenters. The summed E-state index contributed by atoms with van der Waals surface area (Å²) in [6.45, 7) is 1.78. The van der Waals surface area contributed by atoms with Crippen molar-refractivity contribution in [2.24, 2.45) is 0 Å². The molecule has 1 unspecified atom stereocenters. The Labute approximate surface area is 87.4 Å². The minimum atomic E-state index is -0.557. The number of hydrogen-bond donors (Lipinski definition) is 2. The summed E-state index contributed by atoms with van der Waals surface area (Å²) in [5, 5.41) is 20.4. The maximum Gasteiger partial charge on any atom is 0.274 e. The van der Waals surface area contributed by atoms with Gasteiger partial charge in [-0.3, -0.25) is 4.79 Å². The summed E-state index contributed by atoms with van der Waals surface area (Å²) in [5.41, 5.74) is -0.0637. The molecule has 5 heteroatoms. The zero-order chi connectivity index (χ0) is 11.3. The Kier molecular flexibility index (Phi) is 3.63. The molecule has 1 aromatic heterocycles. The molecule has 1 heterocycles. The van der Waals surface area contributed by atoms with Crippen molar-refractivity contribution in [1.82, 2.24) is 10.3 Å². The number of nitrogens with zero attached hydrogens (tertiary/aromatic N) is 2. The number of aromatic nitrogens is 1. The number of rotatable bonds is 3. The number of carbonyl (C=O) groups excluding carboxylic acids is 1. The van der Waals surface area contributed by atoms with E-state index in [0.29, 0.717) is 6.42 Å². The molecule has 1 amide bonds. The maximum atomic E-state index is 11.5. The Bertz CT molecular complexity index is 398. The van der Waals surface area contributed by atoms with Crippen molar-refractivity contribution >= 4 is 5.91 Å². The molecule has 0 saturated carbocycles. The van der Waals surface area contributed by atoms with E-state index in [0.717, 1.165) is 0 Å². The lowest BCUT2D eigenvalue weighted by molar-refractivity contribution is 0.0936. The van der Waals surface area contributed by atoms with Gasteiger partial charge in [0.1, 0.15) is 11.8 Å². The third kappa shape index (κ3) is 2.68. The number of pyridine rings is 1. The molecule has 0 bridgehead atoms. The largest absolute Gasteiger partial charge is 0.505 e. The van der Waals surface area contributed by atoms with Crippen LogP contribution in [0.3, 0.4) is 0 Å². The number of aromatic hydroxyl groups is 1. The van der Waals surface area contributed by atoms with Crippen LogP contribution in [0.15, 0.2) is 18.3 Å². The zero-order valence-corrected chi connectivity index (χ0v) is 8.27. The van der Waals surface area contributed by atoms with Gasteiger partial charge < -0.3 is 10.4 Å². The molecule has 0 aliphatic carbocycles. The minimum absolute atomic E-state index is 0.0637. The van der Waals surface area contributed by atoms with Gasteiger partial charge in [-0.15, -0.1) is 0 Å². The first kappa shape index (κ1) is 11.0. The third-order valence-electron chi connectivity index (χ3n) is 1.87. The standard InChI is InChI=1S/C10H11N3O2/c1-2-7(6-11)13-10(15)9-8(14)4-3-5-12-9/h3-5,7,14H,2H2,1H3,(H,13,15). The van der Waals surface area contributed by atoms with E-state index in [-0.39, 0.29) is 11.4 Å². The van der Waals surface area contributed by atoms with E-state index in [2.05, 4.69) is 10.3 Å². The van der Waals surface area contributed by atoms with Crippen LogP contribution in [0.25, 0.3) is 0 Å². The first-order valence-corrected chi connectivity index (χ1v) is 4.53. The van der Waals surface area contributed by atoms with Crippen LogP contribution in [-0.4, -0.2) is 22.0 Å². The normalized spacial score (nSPS) is 11.5. The van der Waals surface area contributed by atoms with Crippen molar-refractivity contribution in [1.29, 1.82) is 5.26 Å². The van der Waals surface area contributed by atoms with Gasteiger partial charge in [-0.2, -0.15) is 5.26 Å². The van der Waals surface area contributed by atoms with E-state index >= 15 is 0 Å². The Balaban J connectivity index is 2.79. The summed E-state index contributed by atoms with van der Waals surface area (Å²) >= 11 is 0. The SMILES string of the molecule is CCC(C#N)NC(=O)c1ncccc1O. The quantitative estimate of drug-likeness (QED) is 0.764. The monoisotopic (exact) mass is 205 g/mol. The maximum absolute atomic E-state index is 11.5. The highest BCUT2D eigenvalue weighted by molar-refractivity contribution is 5.95. The highest BCUT2D eigenvalue weighted by Crippen LogP contribution is 2.12. The molecule has 0 aromatic carbocycles. The summed E-state index contributed by atoms with van der Waals surface area (Å²) < 4.78 is 0. The zero-order valence-electron chi connectivity index (χ0n) is 8.27. The summed E-state index contributed by atoms with van der Waals surface area (Å²) in [4.78, 5) is 15.2. The van der Waals surface area contributed by atoms with Crippen molar-refractivity contribution < 1.29 is 9.90 Å². The highest BCUT2D eigenvalue weighted by atomic mass is 16.3. The van der Waals surface area contributed by atoms with Crippen molar-refractivity contribution in [3.05, 3.63) is 24.0 Å². The molecule has 0 saturated heterocycles. The van der Waals surface area contributed by atoms with Crippen molar-refractivity contribution in [3.63, 3.8) is 0 Å². The first-order valence-electron chi connectivity index (χ1n) is 4.53. The molecule has 0 aliphatic heterocycles. The Morgan fingerprint density at radius 3 is 3.07 bits per heavy atom. The first-order chi connectivity index (χ1) is 7.19. The minimum Gasteiger partial charge on any atom is -0.505 e. The molecule has 78 valence electrons. The molecule has 0 fully saturated rings.